The lowest BCUT2D eigenvalue weighted by Gasteiger charge is -2.04. The molecule has 4 heteroatoms. The van der Waals surface area contributed by atoms with Gasteiger partial charge in [-0.3, -0.25) is 4.79 Å². The molecule has 0 aromatic rings. The molecule has 4 nitrogen and oxygen atoms in total. The highest BCUT2D eigenvalue weighted by Crippen LogP contribution is 2.33. The topological polar surface area (TPSA) is 55.8 Å². The van der Waals surface area contributed by atoms with Crippen LogP contribution in [-0.2, 0) is 14.3 Å². The molecule has 0 aromatic heterocycles. The number of ether oxygens (including phenoxy) is 2. The predicted molar refractivity (Wildman–Crippen MR) is 60.4 cm³/mol. The van der Waals surface area contributed by atoms with Gasteiger partial charge in [0.15, 0.2) is 0 Å². The maximum absolute atomic E-state index is 10.5. The number of hydrogen-bond acceptors (Lipinski definition) is 3. The van der Waals surface area contributed by atoms with Gasteiger partial charge < -0.3 is 14.6 Å². The Hall–Kier alpha value is -0.610. The molecule has 1 saturated carbocycles. The van der Waals surface area contributed by atoms with Gasteiger partial charge in [-0.05, 0) is 12.8 Å². The van der Waals surface area contributed by atoms with E-state index in [1.807, 2.05) is 0 Å². The Bertz CT molecular complexity index is 205. The fraction of sp³-hybridized carbons (Fsp3) is 0.917. The quantitative estimate of drug-likeness (QED) is 0.584. The molecule has 0 bridgehead atoms. The van der Waals surface area contributed by atoms with Gasteiger partial charge >= 0.3 is 5.97 Å². The van der Waals surface area contributed by atoms with Crippen molar-refractivity contribution in [1.82, 2.24) is 0 Å². The molecule has 0 aliphatic heterocycles. The normalized spacial score (nSPS) is 23.3. The highest BCUT2D eigenvalue weighted by atomic mass is 16.5. The van der Waals surface area contributed by atoms with E-state index in [4.69, 9.17) is 14.6 Å². The van der Waals surface area contributed by atoms with E-state index in [1.165, 1.54) is 19.3 Å². The summed E-state index contributed by atoms with van der Waals surface area (Å²) < 4.78 is 10.7. The second kappa shape index (κ2) is 7.63. The molecular formula is C12H22O4. The Labute approximate surface area is 96.9 Å². The molecule has 1 fully saturated rings. The summed E-state index contributed by atoms with van der Waals surface area (Å²) in [6, 6.07) is 0. The summed E-state index contributed by atoms with van der Waals surface area (Å²) >= 11 is 0. The van der Waals surface area contributed by atoms with E-state index in [2.05, 4.69) is 6.92 Å². The Morgan fingerprint density at radius 1 is 1.25 bits per heavy atom. The Kier molecular flexibility index (Phi) is 6.42. The molecule has 1 rings (SSSR count). The molecule has 94 valence electrons. The minimum atomic E-state index is -0.745. The number of carboxylic acid groups (broad SMARTS) is 1. The van der Waals surface area contributed by atoms with Crippen molar-refractivity contribution in [3.05, 3.63) is 0 Å². The first-order valence-corrected chi connectivity index (χ1v) is 6.18. The lowest BCUT2D eigenvalue weighted by Crippen LogP contribution is -2.10. The molecule has 0 heterocycles. The van der Waals surface area contributed by atoms with Gasteiger partial charge in [0.05, 0.1) is 25.2 Å². The minimum absolute atomic E-state index is 0.0683. The van der Waals surface area contributed by atoms with E-state index in [0.717, 1.165) is 13.0 Å². The van der Waals surface area contributed by atoms with E-state index in [1.54, 1.807) is 0 Å². The van der Waals surface area contributed by atoms with Gasteiger partial charge in [-0.2, -0.15) is 0 Å². The molecule has 16 heavy (non-hydrogen) atoms. The number of carboxylic acids is 1. The van der Waals surface area contributed by atoms with Gasteiger partial charge in [0, 0.05) is 6.61 Å². The van der Waals surface area contributed by atoms with Crippen LogP contribution in [0.2, 0.25) is 0 Å². The fourth-order valence-corrected chi connectivity index (χ4v) is 1.61. The summed E-state index contributed by atoms with van der Waals surface area (Å²) in [5.41, 5.74) is 0. The average molecular weight is 230 g/mol. The first-order valence-electron chi connectivity index (χ1n) is 6.18. The van der Waals surface area contributed by atoms with Crippen molar-refractivity contribution in [2.24, 2.45) is 5.92 Å². The van der Waals surface area contributed by atoms with E-state index in [-0.39, 0.29) is 12.0 Å². The highest BCUT2D eigenvalue weighted by Gasteiger charge is 2.44. The molecular weight excluding hydrogens is 208 g/mol. The van der Waals surface area contributed by atoms with Crippen LogP contribution in [0.5, 0.6) is 0 Å². The number of carbonyl (C=O) groups is 1. The SMILES string of the molecule is CCCCCCOCCOC1CC1C(=O)O. The monoisotopic (exact) mass is 230 g/mol. The van der Waals surface area contributed by atoms with Crippen LogP contribution >= 0.6 is 0 Å². The van der Waals surface area contributed by atoms with E-state index in [9.17, 15) is 4.79 Å². The zero-order valence-electron chi connectivity index (χ0n) is 9.98. The van der Waals surface area contributed by atoms with Crippen molar-refractivity contribution >= 4 is 5.97 Å². The summed E-state index contributed by atoms with van der Waals surface area (Å²) in [7, 11) is 0. The molecule has 0 radical (unpaired) electrons. The first kappa shape index (κ1) is 13.5. The smallest absolute Gasteiger partial charge is 0.309 e. The van der Waals surface area contributed by atoms with Crippen molar-refractivity contribution in [3.8, 4) is 0 Å². The molecule has 2 atom stereocenters. The molecule has 0 amide bonds. The number of rotatable bonds is 10. The van der Waals surface area contributed by atoms with Gasteiger partial charge in [-0.25, -0.2) is 0 Å². The van der Waals surface area contributed by atoms with E-state index < -0.39 is 5.97 Å². The molecule has 2 unspecified atom stereocenters. The van der Waals surface area contributed by atoms with Gasteiger partial charge in [-0.15, -0.1) is 0 Å². The van der Waals surface area contributed by atoms with Crippen LogP contribution in [0.4, 0.5) is 0 Å². The molecule has 0 aromatic carbocycles. The first-order chi connectivity index (χ1) is 7.75. The van der Waals surface area contributed by atoms with E-state index >= 15 is 0 Å². The third kappa shape index (κ3) is 5.47. The van der Waals surface area contributed by atoms with Gasteiger partial charge in [0.2, 0.25) is 0 Å². The van der Waals surface area contributed by atoms with E-state index in [0.29, 0.717) is 19.6 Å². The highest BCUT2D eigenvalue weighted by molar-refractivity contribution is 5.74. The third-order valence-corrected chi connectivity index (χ3v) is 2.75. The van der Waals surface area contributed by atoms with Crippen LogP contribution in [0.3, 0.4) is 0 Å². The number of aliphatic carboxylic acids is 1. The minimum Gasteiger partial charge on any atom is -0.481 e. The lowest BCUT2D eigenvalue weighted by molar-refractivity contribution is -0.139. The predicted octanol–water partition coefficient (Wildman–Crippen LogP) is 2.07. The van der Waals surface area contributed by atoms with Crippen LogP contribution in [0, 0.1) is 5.92 Å². The maximum Gasteiger partial charge on any atom is 0.309 e. The van der Waals surface area contributed by atoms with Crippen molar-refractivity contribution < 1.29 is 19.4 Å². The van der Waals surface area contributed by atoms with Gasteiger partial charge in [0.25, 0.3) is 0 Å². The van der Waals surface area contributed by atoms with Crippen molar-refractivity contribution in [2.45, 2.75) is 45.1 Å². The summed E-state index contributed by atoms with van der Waals surface area (Å²) in [5, 5.41) is 8.64. The lowest BCUT2D eigenvalue weighted by atomic mass is 10.2. The summed E-state index contributed by atoms with van der Waals surface area (Å²) in [6.45, 7) is 4.07. The van der Waals surface area contributed by atoms with Crippen LogP contribution < -0.4 is 0 Å². The van der Waals surface area contributed by atoms with Crippen molar-refractivity contribution in [2.75, 3.05) is 19.8 Å². The standard InChI is InChI=1S/C12H22O4/c1-2-3-4-5-6-15-7-8-16-11-9-10(11)12(13)14/h10-11H,2-9H2,1H3,(H,13,14). The molecule has 0 saturated heterocycles. The average Bonchev–Trinajstić information content (AvgIpc) is 3.01. The number of hydrogen-bond donors (Lipinski definition) is 1. The summed E-state index contributed by atoms with van der Waals surface area (Å²) in [6.07, 6.45) is 5.42. The summed E-state index contributed by atoms with van der Waals surface area (Å²) in [5.74, 6) is -1.02. The molecule has 1 aliphatic carbocycles. The third-order valence-electron chi connectivity index (χ3n) is 2.75. The van der Waals surface area contributed by atoms with Gasteiger partial charge in [-0.1, -0.05) is 26.2 Å². The Morgan fingerprint density at radius 2 is 2.06 bits per heavy atom. The van der Waals surface area contributed by atoms with Crippen molar-refractivity contribution in [1.29, 1.82) is 0 Å². The molecule has 1 N–H and O–H groups in total. The largest absolute Gasteiger partial charge is 0.481 e. The molecule has 1 aliphatic rings. The Morgan fingerprint density at radius 3 is 2.69 bits per heavy atom. The fourth-order valence-electron chi connectivity index (χ4n) is 1.61. The van der Waals surface area contributed by atoms with Crippen LogP contribution in [0.1, 0.15) is 39.0 Å². The Balaban J connectivity index is 1.78. The van der Waals surface area contributed by atoms with Gasteiger partial charge in [0.1, 0.15) is 0 Å². The zero-order chi connectivity index (χ0) is 11.8. The van der Waals surface area contributed by atoms with Crippen molar-refractivity contribution in [3.63, 3.8) is 0 Å². The molecule has 0 spiro atoms. The second-order valence-electron chi connectivity index (χ2n) is 4.26. The van der Waals surface area contributed by atoms with Crippen LogP contribution in [0.25, 0.3) is 0 Å². The second-order valence-corrected chi connectivity index (χ2v) is 4.26. The number of unbranched alkanes of at least 4 members (excludes halogenated alkanes) is 3. The maximum atomic E-state index is 10.5. The van der Waals surface area contributed by atoms with Crippen LogP contribution in [-0.4, -0.2) is 37.0 Å². The van der Waals surface area contributed by atoms with Crippen LogP contribution in [0.15, 0.2) is 0 Å². The zero-order valence-corrected chi connectivity index (χ0v) is 9.98. The summed E-state index contributed by atoms with van der Waals surface area (Å²) in [4.78, 5) is 10.5.